The van der Waals surface area contributed by atoms with Gasteiger partial charge in [0.2, 0.25) is 0 Å². The van der Waals surface area contributed by atoms with E-state index in [9.17, 15) is 8.78 Å². The van der Waals surface area contributed by atoms with Crippen LogP contribution < -0.4 is 10.6 Å². The summed E-state index contributed by atoms with van der Waals surface area (Å²) in [6.07, 6.45) is 1.88. The second-order valence-corrected chi connectivity index (χ2v) is 3.92. The minimum Gasteiger partial charge on any atom is -0.368 e. The molecular weight excluding hydrogens is 198 g/mol. The summed E-state index contributed by atoms with van der Waals surface area (Å²) in [5, 5.41) is 0. The topological polar surface area (TPSA) is 29.3 Å². The fraction of sp³-hybridized carbons (Fsp3) is 0.455. The Balaban J connectivity index is 2.24. The van der Waals surface area contributed by atoms with Crippen LogP contribution in [0.2, 0.25) is 0 Å². The summed E-state index contributed by atoms with van der Waals surface area (Å²) >= 11 is 0. The Bertz CT molecular complexity index is 354. The molecule has 2 nitrogen and oxygen atoms in total. The Morgan fingerprint density at radius 2 is 2.13 bits per heavy atom. The molecule has 15 heavy (non-hydrogen) atoms. The molecule has 0 saturated carbocycles. The van der Waals surface area contributed by atoms with Gasteiger partial charge in [-0.1, -0.05) is 6.07 Å². The van der Waals surface area contributed by atoms with E-state index in [4.69, 9.17) is 5.73 Å². The average molecular weight is 212 g/mol. The van der Waals surface area contributed by atoms with Crippen molar-refractivity contribution in [3.8, 4) is 0 Å². The summed E-state index contributed by atoms with van der Waals surface area (Å²) < 4.78 is 26.5. The first kappa shape index (κ1) is 10.4. The smallest absolute Gasteiger partial charge is 0.182 e. The van der Waals surface area contributed by atoms with Crippen molar-refractivity contribution in [1.29, 1.82) is 0 Å². The van der Waals surface area contributed by atoms with E-state index in [-0.39, 0.29) is 6.04 Å². The largest absolute Gasteiger partial charge is 0.368 e. The van der Waals surface area contributed by atoms with Crippen LogP contribution in [0.1, 0.15) is 12.8 Å². The van der Waals surface area contributed by atoms with E-state index in [0.29, 0.717) is 12.2 Å². The average Bonchev–Trinajstić information content (AvgIpc) is 2.22. The molecule has 0 spiro atoms. The van der Waals surface area contributed by atoms with Crippen LogP contribution in [0, 0.1) is 11.6 Å². The maximum atomic E-state index is 13.5. The zero-order valence-electron chi connectivity index (χ0n) is 8.42. The lowest BCUT2D eigenvalue weighted by Gasteiger charge is -2.32. The molecule has 0 bridgehead atoms. The Kier molecular flexibility index (Phi) is 2.86. The molecule has 4 heteroatoms. The number of rotatable bonds is 1. The maximum absolute atomic E-state index is 13.5. The van der Waals surface area contributed by atoms with Crippen molar-refractivity contribution in [1.82, 2.24) is 0 Å². The Morgan fingerprint density at radius 3 is 2.87 bits per heavy atom. The van der Waals surface area contributed by atoms with Crippen molar-refractivity contribution in [3.63, 3.8) is 0 Å². The third-order valence-electron chi connectivity index (χ3n) is 2.73. The third kappa shape index (κ3) is 2.09. The number of halogens is 2. The van der Waals surface area contributed by atoms with Gasteiger partial charge in [-0.2, -0.15) is 0 Å². The van der Waals surface area contributed by atoms with Crippen molar-refractivity contribution in [2.45, 2.75) is 18.9 Å². The number of hydrogen-bond acceptors (Lipinski definition) is 2. The van der Waals surface area contributed by atoms with Crippen LogP contribution >= 0.6 is 0 Å². The molecule has 2 N–H and O–H groups in total. The minimum atomic E-state index is -0.799. The van der Waals surface area contributed by atoms with Gasteiger partial charge in [0.1, 0.15) is 0 Å². The van der Waals surface area contributed by atoms with E-state index < -0.39 is 11.6 Å². The van der Waals surface area contributed by atoms with Crippen molar-refractivity contribution < 1.29 is 8.78 Å². The molecule has 0 amide bonds. The van der Waals surface area contributed by atoms with Gasteiger partial charge in [0.25, 0.3) is 0 Å². The molecule has 0 aliphatic carbocycles. The molecule has 0 radical (unpaired) electrons. The van der Waals surface area contributed by atoms with Gasteiger partial charge < -0.3 is 10.6 Å². The van der Waals surface area contributed by atoms with Crippen molar-refractivity contribution in [2.24, 2.45) is 5.73 Å². The van der Waals surface area contributed by atoms with E-state index in [1.54, 1.807) is 6.07 Å². The second kappa shape index (κ2) is 4.14. The highest BCUT2D eigenvalue weighted by Crippen LogP contribution is 2.24. The van der Waals surface area contributed by atoms with Crippen molar-refractivity contribution in [2.75, 3.05) is 18.0 Å². The molecule has 1 aliphatic rings. The molecule has 1 heterocycles. The zero-order chi connectivity index (χ0) is 10.8. The molecule has 1 aliphatic heterocycles. The van der Waals surface area contributed by atoms with E-state index in [1.165, 1.54) is 6.07 Å². The van der Waals surface area contributed by atoms with Crippen LogP contribution in [-0.2, 0) is 0 Å². The molecular formula is C11H14F2N2. The molecule has 0 aromatic heterocycles. The highest BCUT2D eigenvalue weighted by Gasteiger charge is 2.20. The SMILES string of the molecule is NC1CCCN(c2cccc(F)c2F)C1. The molecule has 1 atom stereocenters. The predicted octanol–water partition coefficient (Wildman–Crippen LogP) is 1.89. The van der Waals surface area contributed by atoms with Gasteiger partial charge >= 0.3 is 0 Å². The highest BCUT2D eigenvalue weighted by molar-refractivity contribution is 5.48. The standard InChI is InChI=1S/C11H14F2N2/c12-9-4-1-5-10(11(9)13)15-6-2-3-8(14)7-15/h1,4-5,8H,2-3,6-7,14H2. The zero-order valence-corrected chi connectivity index (χ0v) is 8.42. The van der Waals surface area contributed by atoms with Crippen molar-refractivity contribution in [3.05, 3.63) is 29.8 Å². The first-order valence-electron chi connectivity index (χ1n) is 5.13. The Morgan fingerprint density at radius 1 is 1.33 bits per heavy atom. The molecule has 1 aromatic rings. The van der Waals surface area contributed by atoms with Gasteiger partial charge in [-0.15, -0.1) is 0 Å². The summed E-state index contributed by atoms with van der Waals surface area (Å²) in [7, 11) is 0. The first-order valence-corrected chi connectivity index (χ1v) is 5.13. The van der Waals surface area contributed by atoms with Crippen LogP contribution in [0.5, 0.6) is 0 Å². The molecule has 1 fully saturated rings. The van der Waals surface area contributed by atoms with Gasteiger partial charge in [0, 0.05) is 19.1 Å². The van der Waals surface area contributed by atoms with E-state index in [1.807, 2.05) is 4.90 Å². The van der Waals surface area contributed by atoms with Crippen LogP contribution in [-0.4, -0.2) is 19.1 Å². The number of nitrogens with zero attached hydrogens (tertiary/aromatic N) is 1. The van der Waals surface area contributed by atoms with Gasteiger partial charge in [-0.05, 0) is 25.0 Å². The summed E-state index contributed by atoms with van der Waals surface area (Å²) in [5.41, 5.74) is 6.12. The summed E-state index contributed by atoms with van der Waals surface area (Å²) in [6, 6.07) is 4.30. The fourth-order valence-electron chi connectivity index (χ4n) is 1.97. The van der Waals surface area contributed by atoms with Gasteiger partial charge in [-0.25, -0.2) is 8.78 Å². The number of nitrogens with two attached hydrogens (primary N) is 1. The molecule has 2 rings (SSSR count). The van der Waals surface area contributed by atoms with Crippen LogP contribution in [0.4, 0.5) is 14.5 Å². The number of piperidine rings is 1. The highest BCUT2D eigenvalue weighted by atomic mass is 19.2. The quantitative estimate of drug-likeness (QED) is 0.770. The van der Waals surface area contributed by atoms with Crippen LogP contribution in [0.15, 0.2) is 18.2 Å². The minimum absolute atomic E-state index is 0.0569. The number of anilines is 1. The van der Waals surface area contributed by atoms with E-state index >= 15 is 0 Å². The predicted molar refractivity (Wildman–Crippen MR) is 55.8 cm³/mol. The lowest BCUT2D eigenvalue weighted by atomic mass is 10.1. The Hall–Kier alpha value is -1.16. The number of hydrogen-bond donors (Lipinski definition) is 1. The van der Waals surface area contributed by atoms with Crippen LogP contribution in [0.3, 0.4) is 0 Å². The monoisotopic (exact) mass is 212 g/mol. The van der Waals surface area contributed by atoms with Crippen LogP contribution in [0.25, 0.3) is 0 Å². The van der Waals surface area contributed by atoms with Crippen molar-refractivity contribution >= 4 is 5.69 Å². The van der Waals surface area contributed by atoms with Gasteiger partial charge in [0.15, 0.2) is 11.6 Å². The Labute approximate surface area is 87.7 Å². The van der Waals surface area contributed by atoms with E-state index in [2.05, 4.69) is 0 Å². The summed E-state index contributed by atoms with van der Waals surface area (Å²) in [5.74, 6) is -1.57. The molecule has 1 saturated heterocycles. The molecule has 1 unspecified atom stereocenters. The maximum Gasteiger partial charge on any atom is 0.182 e. The number of benzene rings is 1. The fourth-order valence-corrected chi connectivity index (χ4v) is 1.97. The first-order chi connectivity index (χ1) is 7.18. The van der Waals surface area contributed by atoms with Gasteiger partial charge in [-0.3, -0.25) is 0 Å². The lowest BCUT2D eigenvalue weighted by Crippen LogP contribution is -2.43. The normalized spacial score (nSPS) is 21.8. The lowest BCUT2D eigenvalue weighted by molar-refractivity contribution is 0.478. The molecule has 82 valence electrons. The van der Waals surface area contributed by atoms with E-state index in [0.717, 1.165) is 25.5 Å². The molecule has 1 aromatic carbocycles. The third-order valence-corrected chi connectivity index (χ3v) is 2.73. The van der Waals surface area contributed by atoms with Gasteiger partial charge in [0.05, 0.1) is 5.69 Å². The second-order valence-electron chi connectivity index (χ2n) is 3.92. The summed E-state index contributed by atoms with van der Waals surface area (Å²) in [6.45, 7) is 1.34. The summed E-state index contributed by atoms with van der Waals surface area (Å²) in [4.78, 5) is 1.81.